The van der Waals surface area contributed by atoms with Crippen molar-refractivity contribution >= 4 is 39.3 Å². The van der Waals surface area contributed by atoms with Crippen molar-refractivity contribution in [3.05, 3.63) is 41.4 Å². The molecule has 2 fully saturated rings. The minimum atomic E-state index is -0.232. The molecule has 0 saturated carbocycles. The quantitative estimate of drug-likeness (QED) is 0.574. The molecule has 3 aliphatic rings. The summed E-state index contributed by atoms with van der Waals surface area (Å²) in [7, 11) is 0. The Morgan fingerprint density at radius 1 is 1.10 bits per heavy atom. The molecule has 29 heavy (non-hydrogen) atoms. The number of rotatable bonds is 4. The van der Waals surface area contributed by atoms with E-state index in [1.165, 1.54) is 4.90 Å². The molecule has 5 rings (SSSR count). The number of hydrogen-bond donors (Lipinski definition) is 0. The van der Waals surface area contributed by atoms with Gasteiger partial charge in [-0.15, -0.1) is 11.3 Å². The predicted octanol–water partition coefficient (Wildman–Crippen LogP) is 3.30. The summed E-state index contributed by atoms with van der Waals surface area (Å²) in [6.07, 6.45) is 7.26. The van der Waals surface area contributed by atoms with Crippen LogP contribution in [-0.2, 0) is 14.4 Å². The molecule has 0 spiro atoms. The Morgan fingerprint density at radius 3 is 2.55 bits per heavy atom. The highest BCUT2D eigenvalue weighted by Crippen LogP contribution is 2.38. The lowest BCUT2D eigenvalue weighted by Gasteiger charge is -2.24. The van der Waals surface area contributed by atoms with Crippen LogP contribution in [0.5, 0.6) is 0 Å². The highest BCUT2D eigenvalue weighted by Gasteiger charge is 2.47. The molecule has 0 N–H and O–H groups in total. The maximum Gasteiger partial charge on any atom is 0.233 e. The summed E-state index contributed by atoms with van der Waals surface area (Å²) in [4.78, 5) is 46.1. The van der Waals surface area contributed by atoms with E-state index >= 15 is 0 Å². The topological polar surface area (TPSA) is 70.6 Å². The maximum absolute atomic E-state index is 13.0. The van der Waals surface area contributed by atoms with Gasteiger partial charge in [0.15, 0.2) is 0 Å². The molecule has 0 bridgehead atoms. The van der Waals surface area contributed by atoms with E-state index in [-0.39, 0.29) is 48.6 Å². The summed E-state index contributed by atoms with van der Waals surface area (Å²) < 4.78 is 1.13. The molecule has 3 atom stereocenters. The fraction of sp³-hybridized carbons (Fsp3) is 0.455. The first-order valence-electron chi connectivity index (χ1n) is 10.3. The fourth-order valence-electron chi connectivity index (χ4n) is 4.79. The molecule has 3 heterocycles. The predicted molar refractivity (Wildman–Crippen MR) is 110 cm³/mol. The highest BCUT2D eigenvalue weighted by molar-refractivity contribution is 7.18. The molecule has 0 unspecified atom stereocenters. The number of allylic oxidation sites excluding steroid dienone is 2. The van der Waals surface area contributed by atoms with Gasteiger partial charge in [0.05, 0.1) is 28.1 Å². The molecule has 7 heteroatoms. The fourth-order valence-corrected chi connectivity index (χ4v) is 5.91. The van der Waals surface area contributed by atoms with Crippen molar-refractivity contribution < 1.29 is 14.4 Å². The number of carbonyl (C=O) groups is 3. The molecule has 2 aliphatic heterocycles. The van der Waals surface area contributed by atoms with Gasteiger partial charge in [0.2, 0.25) is 17.7 Å². The van der Waals surface area contributed by atoms with Crippen molar-refractivity contribution in [2.75, 3.05) is 13.1 Å². The monoisotopic (exact) mass is 409 g/mol. The summed E-state index contributed by atoms with van der Waals surface area (Å²) in [6.45, 7) is 0.892. The average Bonchev–Trinajstić information content (AvgIpc) is 3.44. The first kappa shape index (κ1) is 18.5. The van der Waals surface area contributed by atoms with E-state index in [2.05, 4.69) is 6.07 Å². The zero-order valence-electron chi connectivity index (χ0n) is 16.1. The number of aromatic nitrogens is 1. The third-order valence-electron chi connectivity index (χ3n) is 6.32. The van der Waals surface area contributed by atoms with Gasteiger partial charge in [-0.1, -0.05) is 24.3 Å². The van der Waals surface area contributed by atoms with Gasteiger partial charge in [-0.05, 0) is 37.8 Å². The summed E-state index contributed by atoms with van der Waals surface area (Å²) in [5.41, 5.74) is 0.969. The summed E-state index contributed by atoms with van der Waals surface area (Å²) in [6, 6.07) is 8.02. The lowest BCUT2D eigenvalue weighted by Crippen LogP contribution is -2.37. The standard InChI is InChI=1S/C22H23N3O3S/c26-19(11-13-25-21(27)14-6-1-2-7-15(14)22(25)28)24-12-5-9-17(24)20-23-16-8-3-4-10-18(16)29-20/h1-4,8,10,14-15,17H,5-7,9,11-13H2/t14-,15-,17+/m0/s1. The second-order valence-electron chi connectivity index (χ2n) is 8.00. The van der Waals surface area contributed by atoms with Crippen LogP contribution in [0.4, 0.5) is 0 Å². The van der Waals surface area contributed by atoms with Crippen LogP contribution in [-0.4, -0.2) is 45.6 Å². The van der Waals surface area contributed by atoms with Crippen molar-refractivity contribution in [2.24, 2.45) is 11.8 Å². The smallest absolute Gasteiger partial charge is 0.233 e. The molecule has 2 aromatic rings. The van der Waals surface area contributed by atoms with Crippen molar-refractivity contribution in [3.63, 3.8) is 0 Å². The van der Waals surface area contributed by atoms with Crippen LogP contribution in [0.1, 0.15) is 43.2 Å². The van der Waals surface area contributed by atoms with Crippen LogP contribution in [0.2, 0.25) is 0 Å². The SMILES string of the molecule is O=C1[C@H]2CC=CC[C@@H]2C(=O)N1CCC(=O)N1CCC[C@@H]1c1nc2ccccc2s1. The van der Waals surface area contributed by atoms with Crippen molar-refractivity contribution in [1.29, 1.82) is 0 Å². The number of benzene rings is 1. The number of fused-ring (bicyclic) bond motifs is 2. The van der Waals surface area contributed by atoms with Crippen LogP contribution in [0, 0.1) is 11.8 Å². The van der Waals surface area contributed by atoms with E-state index in [1.807, 2.05) is 35.3 Å². The minimum absolute atomic E-state index is 0.000327. The Morgan fingerprint density at radius 2 is 1.83 bits per heavy atom. The lowest BCUT2D eigenvalue weighted by molar-refractivity contribution is -0.141. The molecule has 1 aliphatic carbocycles. The van der Waals surface area contributed by atoms with E-state index in [4.69, 9.17) is 4.98 Å². The number of carbonyl (C=O) groups excluding carboxylic acids is 3. The first-order chi connectivity index (χ1) is 14.1. The van der Waals surface area contributed by atoms with Crippen LogP contribution < -0.4 is 0 Å². The largest absolute Gasteiger partial charge is 0.333 e. The third-order valence-corrected chi connectivity index (χ3v) is 7.45. The molecule has 2 saturated heterocycles. The van der Waals surface area contributed by atoms with Gasteiger partial charge in [0, 0.05) is 19.5 Å². The van der Waals surface area contributed by atoms with Crippen molar-refractivity contribution in [2.45, 2.75) is 38.1 Å². The van der Waals surface area contributed by atoms with Crippen LogP contribution in [0.25, 0.3) is 10.2 Å². The number of para-hydroxylation sites is 1. The van der Waals surface area contributed by atoms with Gasteiger partial charge in [-0.2, -0.15) is 0 Å². The van der Waals surface area contributed by atoms with E-state index < -0.39 is 0 Å². The number of imide groups is 1. The van der Waals surface area contributed by atoms with Gasteiger partial charge in [-0.3, -0.25) is 19.3 Å². The Kier molecular flexibility index (Phi) is 4.70. The summed E-state index contributed by atoms with van der Waals surface area (Å²) in [5, 5.41) is 0.975. The number of likely N-dealkylation sites (tertiary alicyclic amines) is 2. The van der Waals surface area contributed by atoms with Crippen LogP contribution in [0.3, 0.4) is 0 Å². The Hall–Kier alpha value is -2.54. The molecule has 3 amide bonds. The lowest BCUT2D eigenvalue weighted by atomic mass is 9.85. The summed E-state index contributed by atoms with van der Waals surface area (Å²) >= 11 is 1.64. The molecule has 1 aromatic carbocycles. The number of nitrogens with zero attached hydrogens (tertiary/aromatic N) is 3. The van der Waals surface area contributed by atoms with Crippen LogP contribution >= 0.6 is 11.3 Å². The van der Waals surface area contributed by atoms with Crippen molar-refractivity contribution in [1.82, 2.24) is 14.8 Å². The van der Waals surface area contributed by atoms with Gasteiger partial charge in [-0.25, -0.2) is 4.98 Å². The van der Waals surface area contributed by atoms with Crippen LogP contribution in [0.15, 0.2) is 36.4 Å². The van der Waals surface area contributed by atoms with Gasteiger partial charge >= 0.3 is 0 Å². The first-order valence-corrected chi connectivity index (χ1v) is 11.1. The average molecular weight is 410 g/mol. The molecular formula is C22H23N3O3S. The van der Waals surface area contributed by atoms with E-state index in [0.717, 1.165) is 28.1 Å². The van der Waals surface area contributed by atoms with E-state index in [9.17, 15) is 14.4 Å². The van der Waals surface area contributed by atoms with Gasteiger partial charge in [0.25, 0.3) is 0 Å². The van der Waals surface area contributed by atoms with Gasteiger partial charge in [0.1, 0.15) is 5.01 Å². The second kappa shape index (κ2) is 7.37. The van der Waals surface area contributed by atoms with Gasteiger partial charge < -0.3 is 4.90 Å². The molecule has 150 valence electrons. The summed E-state index contributed by atoms with van der Waals surface area (Å²) in [5.74, 6) is -0.683. The number of hydrogen-bond acceptors (Lipinski definition) is 5. The second-order valence-corrected chi connectivity index (χ2v) is 9.06. The molecule has 1 aromatic heterocycles. The van der Waals surface area contributed by atoms with Crippen molar-refractivity contribution in [3.8, 4) is 0 Å². The Bertz CT molecular complexity index is 955. The normalized spacial score (nSPS) is 26.6. The highest BCUT2D eigenvalue weighted by atomic mass is 32.1. The number of amides is 3. The molecular weight excluding hydrogens is 386 g/mol. The maximum atomic E-state index is 13.0. The Balaban J connectivity index is 1.27. The zero-order valence-corrected chi connectivity index (χ0v) is 16.9. The van der Waals surface area contributed by atoms with E-state index in [1.54, 1.807) is 11.3 Å². The number of thiazole rings is 1. The minimum Gasteiger partial charge on any atom is -0.333 e. The zero-order chi connectivity index (χ0) is 20.0. The molecule has 0 radical (unpaired) electrons. The third kappa shape index (κ3) is 3.17. The molecule has 6 nitrogen and oxygen atoms in total. The Labute approximate surface area is 173 Å². The van der Waals surface area contributed by atoms with E-state index in [0.29, 0.717) is 19.4 Å².